The van der Waals surface area contributed by atoms with Crippen molar-refractivity contribution in [2.24, 2.45) is 0 Å². The summed E-state index contributed by atoms with van der Waals surface area (Å²) in [5, 5.41) is 3.39. The molecule has 0 N–H and O–H groups in total. The lowest BCUT2D eigenvalue weighted by Gasteiger charge is -2.15. The summed E-state index contributed by atoms with van der Waals surface area (Å²) < 4.78 is 75.6. The maximum atomic E-state index is 12.8. The summed E-state index contributed by atoms with van der Waals surface area (Å²) in [7, 11) is 0. The topological polar surface area (TPSA) is 27.1 Å². The summed E-state index contributed by atoms with van der Waals surface area (Å²) in [5.74, 6) is -0.789. The second-order valence-electron chi connectivity index (χ2n) is 3.65. The van der Waals surface area contributed by atoms with Crippen LogP contribution >= 0.6 is 0 Å². The van der Waals surface area contributed by atoms with Gasteiger partial charge in [0, 0.05) is 0 Å². The van der Waals surface area contributed by atoms with Crippen LogP contribution < -0.4 is 4.84 Å². The van der Waals surface area contributed by atoms with Crippen LogP contribution in [0.25, 0.3) is 0 Å². The highest BCUT2D eigenvalue weighted by molar-refractivity contribution is 5.40. The highest BCUT2D eigenvalue weighted by atomic mass is 19.4. The van der Waals surface area contributed by atoms with E-state index < -0.39 is 29.2 Å². The zero-order valence-corrected chi connectivity index (χ0v) is 9.46. The highest BCUT2D eigenvalue weighted by Gasteiger charge is 2.39. The van der Waals surface area contributed by atoms with Gasteiger partial charge in [-0.3, -0.25) is 0 Å². The van der Waals surface area contributed by atoms with Gasteiger partial charge in [-0.05, 0) is 24.3 Å². The van der Waals surface area contributed by atoms with Crippen molar-refractivity contribution in [1.29, 1.82) is 0 Å². The minimum Gasteiger partial charge on any atom is -0.357 e. The van der Waals surface area contributed by atoms with E-state index in [9.17, 15) is 26.3 Å². The largest absolute Gasteiger partial charge is 0.420 e. The maximum absolute atomic E-state index is 12.8. The summed E-state index contributed by atoms with van der Waals surface area (Å²) in [6.45, 7) is 0. The Morgan fingerprint density at radius 1 is 1.05 bits per heavy atom. The predicted molar refractivity (Wildman–Crippen MR) is 53.5 cm³/mol. The quantitative estimate of drug-likeness (QED) is 0.792. The molecule has 9 heteroatoms. The molecule has 2 rings (SSSR count). The Balaban J connectivity index is 2.46. The predicted octanol–water partition coefficient (Wildman–Crippen LogP) is 3.56. The fraction of sp³-hybridized carbons (Fsp3) is 0.182. The van der Waals surface area contributed by atoms with E-state index in [1.165, 1.54) is 6.07 Å². The van der Waals surface area contributed by atoms with Gasteiger partial charge in [0.05, 0.1) is 11.8 Å². The van der Waals surface area contributed by atoms with Gasteiger partial charge in [0.2, 0.25) is 0 Å². The average Bonchev–Trinajstić information content (AvgIpc) is 2.79. The van der Waals surface area contributed by atoms with Crippen molar-refractivity contribution in [2.75, 3.05) is 0 Å². The van der Waals surface area contributed by atoms with Crippen molar-refractivity contribution >= 4 is 0 Å². The van der Waals surface area contributed by atoms with E-state index in [0.717, 1.165) is 6.20 Å². The van der Waals surface area contributed by atoms with Gasteiger partial charge >= 0.3 is 12.4 Å². The van der Waals surface area contributed by atoms with Gasteiger partial charge in [0.15, 0.2) is 5.75 Å². The second-order valence-corrected chi connectivity index (χ2v) is 3.65. The van der Waals surface area contributed by atoms with E-state index in [-0.39, 0.29) is 6.07 Å². The first-order valence-corrected chi connectivity index (χ1v) is 5.06. The smallest absolute Gasteiger partial charge is 0.357 e. The third kappa shape index (κ3) is 3.03. The Morgan fingerprint density at radius 3 is 2.25 bits per heavy atom. The van der Waals surface area contributed by atoms with Crippen molar-refractivity contribution < 1.29 is 31.2 Å². The lowest BCUT2D eigenvalue weighted by Crippen LogP contribution is -2.15. The maximum Gasteiger partial charge on any atom is 0.420 e. The highest BCUT2D eigenvalue weighted by Crippen LogP contribution is 2.40. The molecule has 0 aliphatic heterocycles. The number of benzene rings is 1. The molecular formula is C11H5F6N2O. The summed E-state index contributed by atoms with van der Waals surface area (Å²) in [4.78, 5) is 5.38. The van der Waals surface area contributed by atoms with Crippen molar-refractivity contribution in [1.82, 2.24) is 9.94 Å². The van der Waals surface area contributed by atoms with Crippen LogP contribution in [0.4, 0.5) is 26.3 Å². The monoisotopic (exact) mass is 295 g/mol. The number of rotatable bonds is 2. The van der Waals surface area contributed by atoms with E-state index in [1.54, 1.807) is 0 Å². The van der Waals surface area contributed by atoms with Crippen LogP contribution in [0.2, 0.25) is 0 Å². The zero-order valence-electron chi connectivity index (χ0n) is 9.46. The minimum absolute atomic E-state index is 0.0114. The SMILES string of the molecule is FC(F)(F)c1ccc(On2cc[c]n2)c(C(F)(F)F)c1. The zero-order chi connectivity index (χ0) is 15.0. The minimum atomic E-state index is -4.99. The van der Waals surface area contributed by atoms with Crippen molar-refractivity contribution in [3.8, 4) is 5.75 Å². The standard InChI is InChI=1S/C11H5F6N2O/c12-10(13,14)7-2-3-9(8(6-7)11(15,16)17)20-19-5-1-4-18-19/h1-3,5-6H. The van der Waals surface area contributed by atoms with Crippen LogP contribution in [-0.2, 0) is 12.4 Å². The number of hydrogen-bond donors (Lipinski definition) is 0. The molecule has 0 aliphatic rings. The molecule has 0 unspecified atom stereocenters. The summed E-state index contributed by atoms with van der Waals surface area (Å²) in [6, 6.07) is 2.34. The van der Waals surface area contributed by atoms with Crippen LogP contribution in [0, 0.1) is 6.20 Å². The van der Waals surface area contributed by atoms with E-state index in [4.69, 9.17) is 4.84 Å². The Labute approximate surface area is 108 Å². The molecule has 0 fully saturated rings. The lowest BCUT2D eigenvalue weighted by atomic mass is 10.1. The van der Waals surface area contributed by atoms with Gasteiger partial charge in [-0.15, -0.1) is 5.10 Å². The van der Waals surface area contributed by atoms with Crippen LogP contribution in [0.1, 0.15) is 11.1 Å². The third-order valence-electron chi connectivity index (χ3n) is 2.24. The van der Waals surface area contributed by atoms with Crippen LogP contribution in [0.15, 0.2) is 30.5 Å². The normalized spacial score (nSPS) is 12.5. The molecule has 20 heavy (non-hydrogen) atoms. The average molecular weight is 295 g/mol. The number of hydrogen-bond acceptors (Lipinski definition) is 2. The molecule has 1 radical (unpaired) electrons. The second kappa shape index (κ2) is 4.73. The molecular weight excluding hydrogens is 290 g/mol. The lowest BCUT2D eigenvalue weighted by molar-refractivity contribution is -0.144. The van der Waals surface area contributed by atoms with Crippen molar-refractivity contribution in [2.45, 2.75) is 12.4 Å². The molecule has 2 aromatic rings. The van der Waals surface area contributed by atoms with Crippen molar-refractivity contribution in [3.05, 3.63) is 47.8 Å². The van der Waals surface area contributed by atoms with Gasteiger partial charge in [-0.2, -0.15) is 26.3 Å². The molecule has 1 aromatic carbocycles. The van der Waals surface area contributed by atoms with Crippen LogP contribution in [0.3, 0.4) is 0 Å². The Kier molecular flexibility index (Phi) is 3.36. The Bertz CT molecular complexity index is 588. The number of aromatic nitrogens is 2. The molecule has 0 saturated heterocycles. The third-order valence-corrected chi connectivity index (χ3v) is 2.24. The number of halogens is 6. The van der Waals surface area contributed by atoms with Crippen LogP contribution in [-0.4, -0.2) is 9.94 Å². The van der Waals surface area contributed by atoms with Gasteiger partial charge in [-0.25, -0.2) is 0 Å². The fourth-order valence-corrected chi connectivity index (χ4v) is 1.38. The fourth-order valence-electron chi connectivity index (χ4n) is 1.38. The molecule has 0 saturated carbocycles. The molecule has 0 atom stereocenters. The van der Waals surface area contributed by atoms with Gasteiger partial charge in [-0.1, -0.05) is 4.85 Å². The first-order valence-electron chi connectivity index (χ1n) is 5.06. The molecule has 1 aromatic heterocycles. The van der Waals surface area contributed by atoms with E-state index in [1.807, 2.05) is 0 Å². The van der Waals surface area contributed by atoms with Gasteiger partial charge < -0.3 is 4.84 Å². The van der Waals surface area contributed by atoms with E-state index in [0.29, 0.717) is 17.0 Å². The van der Waals surface area contributed by atoms with Crippen molar-refractivity contribution in [3.63, 3.8) is 0 Å². The number of nitrogens with zero attached hydrogens (tertiary/aromatic N) is 2. The van der Waals surface area contributed by atoms with Gasteiger partial charge in [0.1, 0.15) is 11.8 Å². The van der Waals surface area contributed by atoms with E-state index >= 15 is 0 Å². The Hall–Kier alpha value is -2.19. The molecule has 3 nitrogen and oxygen atoms in total. The molecule has 0 bridgehead atoms. The Morgan fingerprint density at radius 2 is 1.75 bits per heavy atom. The molecule has 0 amide bonds. The summed E-state index contributed by atoms with van der Waals surface area (Å²) >= 11 is 0. The summed E-state index contributed by atoms with van der Waals surface area (Å²) in [6.07, 6.45) is -6.45. The van der Waals surface area contributed by atoms with Crippen LogP contribution in [0.5, 0.6) is 5.75 Å². The van der Waals surface area contributed by atoms with Gasteiger partial charge in [0.25, 0.3) is 0 Å². The molecule has 0 aliphatic carbocycles. The molecule has 1 heterocycles. The molecule has 107 valence electrons. The molecule has 0 spiro atoms. The number of alkyl halides is 6. The first kappa shape index (κ1) is 14.2. The summed E-state index contributed by atoms with van der Waals surface area (Å²) in [5.41, 5.74) is -2.95. The van der Waals surface area contributed by atoms with E-state index in [2.05, 4.69) is 11.3 Å². The first-order chi connectivity index (χ1) is 9.18.